The summed E-state index contributed by atoms with van der Waals surface area (Å²) in [6.07, 6.45) is 0. The highest BCUT2D eigenvalue weighted by atomic mass is 32.2. The number of sulfonamides is 1. The van der Waals surface area contributed by atoms with E-state index in [0.717, 1.165) is 12.1 Å². The van der Waals surface area contributed by atoms with Crippen molar-refractivity contribution in [3.8, 4) is 11.3 Å². The van der Waals surface area contributed by atoms with Gasteiger partial charge in [-0.15, -0.1) is 0 Å². The molecular formula is C16H12FN3O3S. The lowest BCUT2D eigenvalue weighted by Crippen LogP contribution is -2.13. The van der Waals surface area contributed by atoms with Crippen molar-refractivity contribution in [2.75, 3.05) is 4.72 Å². The SMILES string of the molecule is O=c1ccc(-c2cccc(NS(=O)(=O)c3ccc(F)cc3)c2)n[nH]1. The molecule has 0 radical (unpaired) electrons. The first kappa shape index (κ1) is 15.9. The standard InChI is InChI=1S/C16H12FN3O3S/c17-12-4-6-14(7-5-12)24(22,23)20-13-3-1-2-11(10-13)15-8-9-16(21)19-18-15/h1-10,20H,(H,19,21). The van der Waals surface area contributed by atoms with Gasteiger partial charge < -0.3 is 0 Å². The molecule has 0 unspecified atom stereocenters. The molecule has 6 nitrogen and oxygen atoms in total. The van der Waals surface area contributed by atoms with Crippen LogP contribution in [0.25, 0.3) is 11.3 Å². The zero-order valence-electron chi connectivity index (χ0n) is 12.2. The van der Waals surface area contributed by atoms with E-state index < -0.39 is 15.8 Å². The van der Waals surface area contributed by atoms with Crippen LogP contribution in [0.2, 0.25) is 0 Å². The predicted octanol–water partition coefficient (Wildman–Crippen LogP) is 2.38. The van der Waals surface area contributed by atoms with Crippen LogP contribution in [0, 0.1) is 5.82 Å². The maximum Gasteiger partial charge on any atom is 0.264 e. The Kier molecular flexibility index (Phi) is 4.13. The number of nitrogens with one attached hydrogen (secondary N) is 2. The second kappa shape index (κ2) is 6.25. The highest BCUT2D eigenvalue weighted by Gasteiger charge is 2.14. The molecule has 0 aliphatic rings. The summed E-state index contributed by atoms with van der Waals surface area (Å²) < 4.78 is 40.0. The molecule has 0 saturated heterocycles. The van der Waals surface area contributed by atoms with Gasteiger partial charge in [0, 0.05) is 17.3 Å². The van der Waals surface area contributed by atoms with Crippen LogP contribution in [0.5, 0.6) is 0 Å². The van der Waals surface area contributed by atoms with Crippen molar-refractivity contribution < 1.29 is 12.8 Å². The number of H-pyrrole nitrogens is 1. The number of hydrogen-bond acceptors (Lipinski definition) is 4. The van der Waals surface area contributed by atoms with Gasteiger partial charge in [-0.25, -0.2) is 17.9 Å². The Morgan fingerprint density at radius 2 is 1.75 bits per heavy atom. The predicted molar refractivity (Wildman–Crippen MR) is 87.5 cm³/mol. The van der Waals surface area contributed by atoms with E-state index in [0.29, 0.717) is 16.9 Å². The van der Waals surface area contributed by atoms with E-state index >= 15 is 0 Å². The van der Waals surface area contributed by atoms with Crippen LogP contribution in [0.3, 0.4) is 0 Å². The van der Waals surface area contributed by atoms with E-state index in [1.165, 1.54) is 24.3 Å². The summed E-state index contributed by atoms with van der Waals surface area (Å²) >= 11 is 0. The molecule has 1 aromatic heterocycles. The number of halogens is 1. The Morgan fingerprint density at radius 3 is 2.42 bits per heavy atom. The molecule has 8 heteroatoms. The maximum atomic E-state index is 12.9. The lowest BCUT2D eigenvalue weighted by Gasteiger charge is -2.09. The van der Waals surface area contributed by atoms with Gasteiger partial charge in [0.2, 0.25) is 0 Å². The molecular weight excluding hydrogens is 333 g/mol. The molecule has 3 rings (SSSR count). The van der Waals surface area contributed by atoms with Crippen LogP contribution in [0.1, 0.15) is 0 Å². The molecule has 0 aliphatic carbocycles. The lowest BCUT2D eigenvalue weighted by atomic mass is 10.1. The molecule has 2 aromatic carbocycles. The molecule has 0 saturated carbocycles. The van der Waals surface area contributed by atoms with Crippen molar-refractivity contribution in [3.63, 3.8) is 0 Å². The summed E-state index contributed by atoms with van der Waals surface area (Å²) in [4.78, 5) is 11.0. The van der Waals surface area contributed by atoms with Gasteiger partial charge in [0.25, 0.3) is 15.6 Å². The van der Waals surface area contributed by atoms with Gasteiger partial charge in [-0.2, -0.15) is 5.10 Å². The van der Waals surface area contributed by atoms with Crippen LogP contribution in [-0.2, 0) is 10.0 Å². The Labute approximate surface area is 137 Å². The van der Waals surface area contributed by atoms with E-state index in [4.69, 9.17) is 0 Å². The molecule has 0 bridgehead atoms. The molecule has 122 valence electrons. The minimum atomic E-state index is -3.83. The molecule has 2 N–H and O–H groups in total. The van der Waals surface area contributed by atoms with E-state index in [9.17, 15) is 17.6 Å². The summed E-state index contributed by atoms with van der Waals surface area (Å²) in [7, 11) is -3.83. The molecule has 3 aromatic rings. The number of aromatic amines is 1. The second-order valence-corrected chi connectivity index (χ2v) is 6.63. The third-order valence-corrected chi connectivity index (χ3v) is 4.61. The number of benzene rings is 2. The Morgan fingerprint density at radius 1 is 1.00 bits per heavy atom. The Balaban J connectivity index is 1.90. The molecule has 24 heavy (non-hydrogen) atoms. The van der Waals surface area contributed by atoms with Crippen molar-refractivity contribution in [1.82, 2.24) is 10.2 Å². The minimum Gasteiger partial charge on any atom is -0.280 e. The van der Waals surface area contributed by atoms with Crippen LogP contribution in [0.4, 0.5) is 10.1 Å². The number of nitrogens with zero attached hydrogens (tertiary/aromatic N) is 1. The average molecular weight is 345 g/mol. The molecule has 1 heterocycles. The molecule has 0 spiro atoms. The maximum absolute atomic E-state index is 12.9. The second-order valence-electron chi connectivity index (χ2n) is 4.95. The third-order valence-electron chi connectivity index (χ3n) is 3.21. The fourth-order valence-electron chi connectivity index (χ4n) is 2.08. The van der Waals surface area contributed by atoms with Gasteiger partial charge in [-0.1, -0.05) is 12.1 Å². The van der Waals surface area contributed by atoms with Gasteiger partial charge in [0.1, 0.15) is 5.82 Å². The van der Waals surface area contributed by atoms with Gasteiger partial charge >= 0.3 is 0 Å². The Hall–Kier alpha value is -3.00. The largest absolute Gasteiger partial charge is 0.280 e. The summed E-state index contributed by atoms with van der Waals surface area (Å²) in [5.41, 5.74) is 1.12. The van der Waals surface area contributed by atoms with E-state index in [-0.39, 0.29) is 10.5 Å². The Bertz CT molecular complexity index is 1010. The van der Waals surface area contributed by atoms with Crippen LogP contribution < -0.4 is 10.3 Å². The quantitative estimate of drug-likeness (QED) is 0.759. The smallest absolute Gasteiger partial charge is 0.264 e. The zero-order chi connectivity index (χ0) is 17.2. The fourth-order valence-corrected chi connectivity index (χ4v) is 3.12. The van der Waals surface area contributed by atoms with Gasteiger partial charge in [-0.05, 0) is 42.5 Å². The van der Waals surface area contributed by atoms with Crippen LogP contribution >= 0.6 is 0 Å². The normalized spacial score (nSPS) is 11.2. The zero-order valence-corrected chi connectivity index (χ0v) is 13.0. The monoisotopic (exact) mass is 345 g/mol. The summed E-state index contributed by atoms with van der Waals surface area (Å²) in [5.74, 6) is -0.514. The van der Waals surface area contributed by atoms with Gasteiger partial charge in [0.05, 0.1) is 10.6 Å². The highest BCUT2D eigenvalue weighted by Crippen LogP contribution is 2.22. The first-order valence-corrected chi connectivity index (χ1v) is 8.37. The van der Waals surface area contributed by atoms with E-state index in [1.807, 2.05) is 0 Å². The van der Waals surface area contributed by atoms with E-state index in [2.05, 4.69) is 14.9 Å². The highest BCUT2D eigenvalue weighted by molar-refractivity contribution is 7.92. The third kappa shape index (κ3) is 3.49. The molecule has 0 amide bonds. The van der Waals surface area contributed by atoms with Crippen molar-refractivity contribution in [1.29, 1.82) is 0 Å². The van der Waals surface area contributed by atoms with E-state index in [1.54, 1.807) is 24.3 Å². The topological polar surface area (TPSA) is 91.9 Å². The van der Waals surface area contributed by atoms with Crippen molar-refractivity contribution in [3.05, 3.63) is 76.8 Å². The van der Waals surface area contributed by atoms with Gasteiger partial charge in [-0.3, -0.25) is 9.52 Å². The van der Waals surface area contributed by atoms with Crippen LogP contribution in [-0.4, -0.2) is 18.6 Å². The average Bonchev–Trinajstić information content (AvgIpc) is 2.56. The lowest BCUT2D eigenvalue weighted by molar-refractivity contribution is 0.599. The molecule has 0 fully saturated rings. The molecule has 0 atom stereocenters. The van der Waals surface area contributed by atoms with Crippen molar-refractivity contribution in [2.24, 2.45) is 0 Å². The summed E-state index contributed by atoms with van der Waals surface area (Å²) in [6.45, 7) is 0. The van der Waals surface area contributed by atoms with Crippen molar-refractivity contribution >= 4 is 15.7 Å². The minimum absolute atomic E-state index is 0.0449. The summed E-state index contributed by atoms with van der Waals surface area (Å²) in [6, 6.07) is 13.9. The van der Waals surface area contributed by atoms with Crippen LogP contribution in [0.15, 0.2) is 70.4 Å². The molecule has 0 aliphatic heterocycles. The first-order valence-electron chi connectivity index (χ1n) is 6.89. The number of rotatable bonds is 4. The fraction of sp³-hybridized carbons (Fsp3) is 0. The first-order chi connectivity index (χ1) is 11.4. The number of hydrogen-bond donors (Lipinski definition) is 2. The number of aromatic nitrogens is 2. The van der Waals surface area contributed by atoms with Gasteiger partial charge in [0.15, 0.2) is 0 Å². The summed E-state index contributed by atoms with van der Waals surface area (Å²) in [5, 5.41) is 6.22. The number of anilines is 1. The van der Waals surface area contributed by atoms with Crippen molar-refractivity contribution in [2.45, 2.75) is 4.90 Å².